The lowest BCUT2D eigenvalue weighted by Gasteiger charge is -2.48. The number of carbonyl (C=O) groups excluding carboxylic acids is 6. The Balaban J connectivity index is 1.24. The molecule has 15 heteroatoms. The van der Waals surface area contributed by atoms with Crippen LogP contribution in [0.3, 0.4) is 0 Å². The number of hydrogen-bond acceptors (Lipinski definition) is 15. The van der Waals surface area contributed by atoms with E-state index in [9.17, 15) is 28.8 Å². The largest absolute Gasteiger partial charge is 0.459 e. The normalized spacial score (nSPS) is 23.7. The molecule has 2 heterocycles. The molecule has 0 aliphatic carbocycles. The van der Waals surface area contributed by atoms with Crippen LogP contribution in [0.15, 0.2) is 182 Å². The molecule has 6 aromatic rings. The SMILES string of the molecule is CCC1OC(OC2C(COC(=O)c3ccccc3)OC(C)C(OC(=O)c3ccccc3)C2OC(=O)c2ccccc2)C(OC(=O)c2ccccc2)C(OC(=O)c2ccccc2)C1OC(=O)c1ccccc1. The second-order valence-electron chi connectivity index (χ2n) is 16.6. The third-order valence-electron chi connectivity index (χ3n) is 11.8. The molecule has 2 aliphatic heterocycles. The van der Waals surface area contributed by atoms with Gasteiger partial charge in [-0.15, -0.1) is 0 Å². The second kappa shape index (κ2) is 23.6. The van der Waals surface area contributed by atoms with Gasteiger partial charge in [-0.05, 0) is 86.1 Å². The first-order chi connectivity index (χ1) is 34.6. The maximum Gasteiger partial charge on any atom is 0.338 e. The van der Waals surface area contributed by atoms with Gasteiger partial charge in [-0.25, -0.2) is 28.8 Å². The van der Waals surface area contributed by atoms with Crippen LogP contribution in [0.25, 0.3) is 0 Å². The van der Waals surface area contributed by atoms with Gasteiger partial charge in [0.15, 0.2) is 36.8 Å². The molecular formula is C56H50O15. The molecule has 0 N–H and O–H groups in total. The van der Waals surface area contributed by atoms with E-state index in [2.05, 4.69) is 0 Å². The highest BCUT2D eigenvalue weighted by atomic mass is 16.7. The average Bonchev–Trinajstić information content (AvgIpc) is 3.42. The fraction of sp³-hybridized carbons (Fsp3) is 0.250. The van der Waals surface area contributed by atoms with E-state index in [1.54, 1.807) is 159 Å². The summed E-state index contributed by atoms with van der Waals surface area (Å²) in [5.74, 6) is -4.91. The Morgan fingerprint density at radius 3 is 1.04 bits per heavy atom. The summed E-state index contributed by atoms with van der Waals surface area (Å²) in [5, 5.41) is 0. The molecule has 15 nitrogen and oxygen atoms in total. The molecule has 2 saturated heterocycles. The first kappa shape index (κ1) is 49.4. The van der Waals surface area contributed by atoms with Crippen LogP contribution < -0.4 is 0 Å². The molecule has 0 amide bonds. The van der Waals surface area contributed by atoms with Crippen LogP contribution in [0.5, 0.6) is 0 Å². The summed E-state index contributed by atoms with van der Waals surface area (Å²) in [7, 11) is 0. The number of benzene rings is 6. The van der Waals surface area contributed by atoms with Gasteiger partial charge in [0.2, 0.25) is 0 Å². The monoisotopic (exact) mass is 962 g/mol. The van der Waals surface area contributed by atoms with Gasteiger partial charge in [0.25, 0.3) is 0 Å². The van der Waals surface area contributed by atoms with Crippen molar-refractivity contribution in [3.63, 3.8) is 0 Å². The van der Waals surface area contributed by atoms with Crippen molar-refractivity contribution in [2.24, 2.45) is 0 Å². The van der Waals surface area contributed by atoms with Crippen molar-refractivity contribution >= 4 is 35.8 Å². The van der Waals surface area contributed by atoms with E-state index in [1.807, 2.05) is 0 Å². The van der Waals surface area contributed by atoms with Crippen molar-refractivity contribution in [1.82, 2.24) is 0 Å². The van der Waals surface area contributed by atoms with E-state index in [4.69, 9.17) is 42.6 Å². The molecule has 0 bridgehead atoms. The Kier molecular flexibility index (Phi) is 16.4. The summed E-state index contributed by atoms with van der Waals surface area (Å²) in [6.45, 7) is 2.82. The van der Waals surface area contributed by atoms with Crippen molar-refractivity contribution in [2.45, 2.75) is 81.5 Å². The van der Waals surface area contributed by atoms with Crippen LogP contribution in [0, 0.1) is 0 Å². The van der Waals surface area contributed by atoms with Crippen LogP contribution in [0.2, 0.25) is 0 Å². The summed E-state index contributed by atoms with van der Waals surface area (Å²) in [4.78, 5) is 83.9. The zero-order chi connectivity index (χ0) is 49.7. The number of carbonyl (C=O) groups is 6. The minimum atomic E-state index is -1.76. The van der Waals surface area contributed by atoms with E-state index >= 15 is 0 Å². The predicted molar refractivity (Wildman–Crippen MR) is 253 cm³/mol. The Hall–Kier alpha value is -7.98. The standard InChI is InChI=1S/C56H50O15/c1-3-42-45(67-52(59)38-26-14-6-15-27-38)48(69-54(61)40-30-18-8-19-31-40)49(70-55(62)41-32-20-9-21-33-41)56(65-42)71-46-43(34-63-50(57)36-22-10-4-11-23-36)64-35(2)44(66-51(58)37-24-12-5-13-25-37)47(46)68-53(60)39-28-16-7-17-29-39/h4-33,35,42-49,56H,3,34H2,1-2H3. The van der Waals surface area contributed by atoms with Gasteiger partial charge in [0, 0.05) is 0 Å². The number of ether oxygens (including phenoxy) is 9. The first-order valence-electron chi connectivity index (χ1n) is 23.1. The minimum absolute atomic E-state index is 0.0953. The van der Waals surface area contributed by atoms with E-state index in [0.717, 1.165) is 0 Å². The fourth-order valence-corrected chi connectivity index (χ4v) is 8.21. The van der Waals surface area contributed by atoms with Gasteiger partial charge in [-0.2, -0.15) is 0 Å². The highest BCUT2D eigenvalue weighted by molar-refractivity contribution is 5.92. The summed E-state index contributed by atoms with van der Waals surface area (Å²) < 4.78 is 57.1. The van der Waals surface area contributed by atoms with Crippen molar-refractivity contribution in [3.8, 4) is 0 Å². The molecule has 10 atom stereocenters. The fourth-order valence-electron chi connectivity index (χ4n) is 8.21. The van der Waals surface area contributed by atoms with Crippen LogP contribution >= 0.6 is 0 Å². The Bertz CT molecular complexity index is 2720. The van der Waals surface area contributed by atoms with Crippen LogP contribution in [-0.2, 0) is 42.6 Å². The number of rotatable bonds is 16. The molecule has 0 aromatic heterocycles. The number of hydrogen-bond donors (Lipinski definition) is 0. The summed E-state index contributed by atoms with van der Waals surface area (Å²) in [6, 6.07) is 48.5. The molecule has 8 rings (SSSR count). The molecule has 71 heavy (non-hydrogen) atoms. The Morgan fingerprint density at radius 1 is 0.366 bits per heavy atom. The lowest BCUT2D eigenvalue weighted by molar-refractivity contribution is -0.336. The Labute approximate surface area is 409 Å². The van der Waals surface area contributed by atoms with Gasteiger partial charge >= 0.3 is 35.8 Å². The van der Waals surface area contributed by atoms with Crippen molar-refractivity contribution in [3.05, 3.63) is 215 Å². The lowest BCUT2D eigenvalue weighted by Crippen LogP contribution is -2.66. The summed E-state index contributed by atoms with van der Waals surface area (Å²) >= 11 is 0. The Morgan fingerprint density at radius 2 is 0.676 bits per heavy atom. The number of esters is 6. The third kappa shape index (κ3) is 12.3. The highest BCUT2D eigenvalue weighted by Crippen LogP contribution is 2.37. The van der Waals surface area contributed by atoms with Crippen LogP contribution in [0.4, 0.5) is 0 Å². The van der Waals surface area contributed by atoms with Crippen LogP contribution in [0.1, 0.15) is 82.4 Å². The smallest absolute Gasteiger partial charge is 0.338 e. The topological polar surface area (TPSA) is 185 Å². The van der Waals surface area contributed by atoms with Gasteiger partial charge in [-0.3, -0.25) is 0 Å². The summed E-state index contributed by atoms with van der Waals surface area (Å²) in [6.07, 6.45) is -14.5. The van der Waals surface area contributed by atoms with E-state index in [1.165, 1.54) is 36.4 Å². The molecule has 6 aromatic carbocycles. The van der Waals surface area contributed by atoms with Gasteiger partial charge in [0.05, 0.1) is 39.5 Å². The van der Waals surface area contributed by atoms with Crippen molar-refractivity contribution in [2.75, 3.05) is 6.61 Å². The molecule has 364 valence electrons. The van der Waals surface area contributed by atoms with E-state index in [0.29, 0.717) is 0 Å². The zero-order valence-corrected chi connectivity index (χ0v) is 38.6. The summed E-state index contributed by atoms with van der Waals surface area (Å²) in [5.41, 5.74) is 0.930. The van der Waals surface area contributed by atoms with Gasteiger partial charge in [0.1, 0.15) is 24.9 Å². The van der Waals surface area contributed by atoms with E-state index < -0.39 is 104 Å². The second-order valence-corrected chi connectivity index (χ2v) is 16.6. The third-order valence-corrected chi connectivity index (χ3v) is 11.8. The minimum Gasteiger partial charge on any atom is -0.459 e. The average molecular weight is 963 g/mol. The quantitative estimate of drug-likeness (QED) is 0.0666. The molecule has 2 fully saturated rings. The molecule has 0 saturated carbocycles. The molecular weight excluding hydrogens is 913 g/mol. The van der Waals surface area contributed by atoms with Crippen molar-refractivity contribution < 1.29 is 71.4 Å². The van der Waals surface area contributed by atoms with Crippen molar-refractivity contribution in [1.29, 1.82) is 0 Å². The molecule has 2 aliphatic rings. The lowest BCUT2D eigenvalue weighted by atomic mass is 9.93. The maximum absolute atomic E-state index is 14.3. The van der Waals surface area contributed by atoms with E-state index in [-0.39, 0.29) is 39.8 Å². The zero-order valence-electron chi connectivity index (χ0n) is 38.6. The van der Waals surface area contributed by atoms with Crippen LogP contribution in [-0.4, -0.2) is 104 Å². The molecule has 0 spiro atoms. The van der Waals surface area contributed by atoms with Gasteiger partial charge in [-0.1, -0.05) is 116 Å². The molecule has 10 unspecified atom stereocenters. The maximum atomic E-state index is 14.3. The van der Waals surface area contributed by atoms with Gasteiger partial charge < -0.3 is 42.6 Å². The first-order valence-corrected chi connectivity index (χ1v) is 23.1. The molecule has 0 radical (unpaired) electrons. The highest BCUT2D eigenvalue weighted by Gasteiger charge is 2.57. The predicted octanol–water partition coefficient (Wildman–Crippen LogP) is 8.28.